The summed E-state index contributed by atoms with van der Waals surface area (Å²) in [4.78, 5) is 47.4. The highest BCUT2D eigenvalue weighted by Gasteiger charge is 2.29. The highest BCUT2D eigenvalue weighted by atomic mass is 32.1. The Balaban J connectivity index is 2.95. The lowest BCUT2D eigenvalue weighted by molar-refractivity contribution is -0.142. The van der Waals surface area contributed by atoms with Gasteiger partial charge in [0.1, 0.15) is 12.1 Å². The summed E-state index contributed by atoms with van der Waals surface area (Å²) in [6, 6.07) is 6.93. The van der Waals surface area contributed by atoms with E-state index in [0.717, 1.165) is 5.56 Å². The van der Waals surface area contributed by atoms with E-state index in [9.17, 15) is 19.2 Å². The monoisotopic (exact) mass is 395 g/mol. The Morgan fingerprint density at radius 1 is 1.07 bits per heavy atom. The van der Waals surface area contributed by atoms with Crippen LogP contribution >= 0.6 is 12.6 Å². The van der Waals surface area contributed by atoms with Crippen molar-refractivity contribution in [3.8, 4) is 0 Å². The van der Waals surface area contributed by atoms with Crippen LogP contribution in [0.1, 0.15) is 25.8 Å². The van der Waals surface area contributed by atoms with Crippen molar-refractivity contribution in [3.05, 3.63) is 35.9 Å². The Morgan fingerprint density at radius 3 is 2.22 bits per heavy atom. The van der Waals surface area contributed by atoms with E-state index >= 15 is 0 Å². The molecule has 0 bridgehead atoms. The Bertz CT molecular complexity index is 666. The zero-order valence-corrected chi connectivity index (χ0v) is 16.2. The van der Waals surface area contributed by atoms with E-state index in [1.54, 1.807) is 24.3 Å². The fourth-order valence-corrected chi connectivity index (χ4v) is 2.52. The minimum absolute atomic E-state index is 0.0704. The zero-order chi connectivity index (χ0) is 20.4. The molecule has 1 rings (SSSR count). The van der Waals surface area contributed by atoms with Crippen molar-refractivity contribution in [2.45, 2.75) is 38.8 Å². The van der Waals surface area contributed by atoms with Crippen LogP contribution in [-0.4, -0.2) is 41.7 Å². The molecule has 0 fully saturated rings. The Kier molecular flexibility index (Phi) is 9.35. The van der Waals surface area contributed by atoms with Crippen LogP contribution in [0.15, 0.2) is 30.3 Å². The number of esters is 1. The largest absolute Gasteiger partial charge is 0.412 e. The molecule has 0 heterocycles. The molecular formula is C18H25N3O5S. The van der Waals surface area contributed by atoms with Crippen molar-refractivity contribution >= 4 is 36.5 Å². The fourth-order valence-electron chi connectivity index (χ4n) is 2.43. The molecule has 0 aliphatic carbocycles. The van der Waals surface area contributed by atoms with Crippen molar-refractivity contribution in [1.29, 1.82) is 0 Å². The lowest BCUT2D eigenvalue weighted by atomic mass is 10.0. The Hall–Kier alpha value is -2.55. The van der Waals surface area contributed by atoms with E-state index in [1.807, 2.05) is 19.9 Å². The summed E-state index contributed by atoms with van der Waals surface area (Å²) in [5, 5.41) is 5.12. The summed E-state index contributed by atoms with van der Waals surface area (Å²) in [7, 11) is 0. The number of rotatable bonds is 9. The van der Waals surface area contributed by atoms with Gasteiger partial charge in [-0.1, -0.05) is 44.2 Å². The normalized spacial score (nSPS) is 12.7. The molecule has 0 radical (unpaired) electrons. The molecule has 2 atom stereocenters. The molecule has 0 saturated carbocycles. The van der Waals surface area contributed by atoms with E-state index < -0.39 is 36.0 Å². The highest BCUT2D eigenvalue weighted by Crippen LogP contribution is 2.09. The number of hydrogen-bond donors (Lipinski definition) is 4. The molecule has 4 N–H and O–H groups in total. The maximum absolute atomic E-state index is 12.6. The molecule has 0 saturated heterocycles. The number of nitrogens with two attached hydrogens (primary N) is 1. The summed E-state index contributed by atoms with van der Waals surface area (Å²) >= 11 is 3.89. The second-order valence-electron chi connectivity index (χ2n) is 6.40. The van der Waals surface area contributed by atoms with Gasteiger partial charge in [-0.05, 0) is 17.9 Å². The summed E-state index contributed by atoms with van der Waals surface area (Å²) in [5.74, 6) is -1.88. The molecule has 0 aliphatic rings. The van der Waals surface area contributed by atoms with Crippen molar-refractivity contribution in [2.75, 3.05) is 5.75 Å². The second-order valence-corrected chi connectivity index (χ2v) is 6.72. The van der Waals surface area contributed by atoms with Gasteiger partial charge in [0.25, 0.3) is 0 Å². The van der Waals surface area contributed by atoms with Gasteiger partial charge in [-0.3, -0.25) is 9.59 Å². The standard InChI is InChI=1S/C18H25N3O5S/c1-11(2)8-13(20-15(22)10-27)16(23)21-14(17(24)26-18(19)25)9-12-6-4-3-5-7-12/h3-7,11,13-14,27H,8-10H2,1-2H3,(H2,19,25)(H,20,22)(H,21,23)/t13-,14-/m0/s1. The van der Waals surface area contributed by atoms with Gasteiger partial charge in [0.2, 0.25) is 11.8 Å². The van der Waals surface area contributed by atoms with Crippen LogP contribution in [0.5, 0.6) is 0 Å². The summed E-state index contributed by atoms with van der Waals surface area (Å²) in [6.45, 7) is 3.80. The van der Waals surface area contributed by atoms with Crippen LogP contribution in [0.25, 0.3) is 0 Å². The van der Waals surface area contributed by atoms with Crippen LogP contribution in [0, 0.1) is 5.92 Å². The van der Waals surface area contributed by atoms with Gasteiger partial charge >= 0.3 is 12.1 Å². The number of nitrogens with one attached hydrogen (secondary N) is 2. The highest BCUT2D eigenvalue weighted by molar-refractivity contribution is 7.81. The molecule has 0 aromatic heterocycles. The Labute approximate surface area is 163 Å². The second kappa shape index (κ2) is 11.2. The number of carbonyl (C=O) groups excluding carboxylic acids is 4. The predicted molar refractivity (Wildman–Crippen MR) is 103 cm³/mol. The SMILES string of the molecule is CC(C)C[C@H](NC(=O)CS)C(=O)N[C@@H](Cc1ccccc1)C(=O)OC(N)=O. The first kappa shape index (κ1) is 22.5. The quantitative estimate of drug-likeness (QED) is 0.279. The van der Waals surface area contributed by atoms with Gasteiger partial charge in [0, 0.05) is 6.42 Å². The van der Waals surface area contributed by atoms with Gasteiger partial charge < -0.3 is 21.1 Å². The number of carbonyl (C=O) groups is 4. The van der Waals surface area contributed by atoms with E-state index in [4.69, 9.17) is 5.73 Å². The number of ether oxygens (including phenoxy) is 1. The molecule has 3 amide bonds. The fraction of sp³-hybridized carbons (Fsp3) is 0.444. The molecule has 9 heteroatoms. The van der Waals surface area contributed by atoms with E-state index in [2.05, 4.69) is 28.0 Å². The molecule has 0 aliphatic heterocycles. The van der Waals surface area contributed by atoms with E-state index in [1.165, 1.54) is 0 Å². The third-order valence-electron chi connectivity index (χ3n) is 3.59. The molecule has 0 unspecified atom stereocenters. The topological polar surface area (TPSA) is 128 Å². The Morgan fingerprint density at radius 2 is 1.70 bits per heavy atom. The maximum Gasteiger partial charge on any atom is 0.412 e. The molecule has 1 aromatic rings. The van der Waals surface area contributed by atoms with Gasteiger partial charge in [0.15, 0.2) is 0 Å². The van der Waals surface area contributed by atoms with Crippen LogP contribution in [0.3, 0.4) is 0 Å². The third kappa shape index (κ3) is 8.59. The number of amides is 3. The van der Waals surface area contributed by atoms with Crippen molar-refractivity contribution < 1.29 is 23.9 Å². The van der Waals surface area contributed by atoms with Crippen molar-refractivity contribution in [3.63, 3.8) is 0 Å². The summed E-state index contributed by atoms with van der Waals surface area (Å²) in [5.41, 5.74) is 5.66. The van der Waals surface area contributed by atoms with Gasteiger partial charge in [-0.25, -0.2) is 9.59 Å². The van der Waals surface area contributed by atoms with Gasteiger partial charge in [-0.15, -0.1) is 0 Å². The molecule has 0 spiro atoms. The number of benzene rings is 1. The number of hydrogen-bond acceptors (Lipinski definition) is 6. The smallest absolute Gasteiger partial charge is 0.375 e. The summed E-state index contributed by atoms with van der Waals surface area (Å²) in [6.07, 6.45) is -0.781. The van der Waals surface area contributed by atoms with Crippen LogP contribution in [-0.2, 0) is 25.5 Å². The molecule has 27 heavy (non-hydrogen) atoms. The predicted octanol–water partition coefficient (Wildman–Crippen LogP) is 0.796. The van der Waals surface area contributed by atoms with E-state index in [-0.39, 0.29) is 18.1 Å². The van der Waals surface area contributed by atoms with Crippen LogP contribution < -0.4 is 16.4 Å². The van der Waals surface area contributed by atoms with Crippen molar-refractivity contribution in [1.82, 2.24) is 10.6 Å². The lowest BCUT2D eigenvalue weighted by Gasteiger charge is -2.23. The van der Waals surface area contributed by atoms with Gasteiger partial charge in [-0.2, -0.15) is 12.6 Å². The zero-order valence-electron chi connectivity index (χ0n) is 15.3. The van der Waals surface area contributed by atoms with Gasteiger partial charge in [0.05, 0.1) is 5.75 Å². The van der Waals surface area contributed by atoms with E-state index in [0.29, 0.717) is 6.42 Å². The molecule has 1 aromatic carbocycles. The third-order valence-corrected chi connectivity index (χ3v) is 3.87. The average Bonchev–Trinajstić information content (AvgIpc) is 2.60. The minimum atomic E-state index is -1.26. The summed E-state index contributed by atoms with van der Waals surface area (Å²) < 4.78 is 4.43. The first-order valence-electron chi connectivity index (χ1n) is 8.48. The first-order valence-corrected chi connectivity index (χ1v) is 9.11. The van der Waals surface area contributed by atoms with Crippen LogP contribution in [0.4, 0.5) is 4.79 Å². The minimum Gasteiger partial charge on any atom is -0.375 e. The molecule has 8 nitrogen and oxygen atoms in total. The molecule has 148 valence electrons. The van der Waals surface area contributed by atoms with Crippen LogP contribution in [0.2, 0.25) is 0 Å². The number of thiol groups is 1. The maximum atomic E-state index is 12.6. The molecular weight excluding hydrogens is 370 g/mol. The number of primary amides is 1. The van der Waals surface area contributed by atoms with Crippen molar-refractivity contribution in [2.24, 2.45) is 11.7 Å². The average molecular weight is 395 g/mol. The first-order chi connectivity index (χ1) is 12.7. The lowest BCUT2D eigenvalue weighted by Crippen LogP contribution is -2.53.